The van der Waals surface area contributed by atoms with Gasteiger partial charge in [0.2, 0.25) is 0 Å². The van der Waals surface area contributed by atoms with Gasteiger partial charge in [0.05, 0.1) is 13.7 Å². The van der Waals surface area contributed by atoms with Crippen molar-refractivity contribution in [1.29, 1.82) is 0 Å². The third kappa shape index (κ3) is 2.36. The number of carbonyl (C=O) groups is 3. The number of methoxy groups -OCH3 is 1. The number of esters is 1. The molecule has 0 radical (unpaired) electrons. The number of rotatable bonds is 3. The number of hydrogen-bond donors (Lipinski definition) is 2. The van der Waals surface area contributed by atoms with Crippen molar-refractivity contribution in [3.8, 4) is 0 Å². The predicted octanol–water partition coefficient (Wildman–Crippen LogP) is -1.45. The van der Waals surface area contributed by atoms with E-state index in [1.165, 1.54) is 0 Å². The van der Waals surface area contributed by atoms with Crippen molar-refractivity contribution >= 4 is 28.4 Å². The maximum atomic E-state index is 12.3. The van der Waals surface area contributed by atoms with E-state index in [-0.39, 0.29) is 17.8 Å². The minimum Gasteiger partial charge on any atom is -0.467 e. The molecule has 3 N–H and O–H groups in total. The van der Waals surface area contributed by atoms with Crippen LogP contribution in [-0.2, 0) is 24.2 Å². The van der Waals surface area contributed by atoms with Crippen molar-refractivity contribution in [3.63, 3.8) is 0 Å². The summed E-state index contributed by atoms with van der Waals surface area (Å²) in [6.45, 7) is -0.147. The van der Waals surface area contributed by atoms with E-state index in [0.717, 1.165) is 22.9 Å². The Hall–Kier alpha value is -2.71. The number of aromatic nitrogens is 2. The first-order chi connectivity index (χ1) is 11.1. The number of primary amides is 1. The molecule has 0 spiro atoms. The Kier molecular flexibility index (Phi) is 3.47. The summed E-state index contributed by atoms with van der Waals surface area (Å²) >= 11 is 0. The number of urea groups is 1. The number of nitrogens with zero attached hydrogens (tertiary/aromatic N) is 4. The zero-order valence-electron chi connectivity index (χ0n) is 12.0. The van der Waals surface area contributed by atoms with Crippen LogP contribution < -0.4 is 5.73 Å². The molecule has 0 saturated carbocycles. The molecule has 1 aromatic heterocycles. The highest BCUT2D eigenvalue weighted by atomic mass is 32.3. The zero-order valence-corrected chi connectivity index (χ0v) is 12.8. The lowest BCUT2D eigenvalue weighted by molar-refractivity contribution is -0.146. The topological polar surface area (TPSA) is 174 Å². The fraction of sp³-hybridized carbons (Fsp3) is 0.400. The fourth-order valence-electron chi connectivity index (χ4n) is 2.71. The SMILES string of the molecule is COC(=O)C1c2nn(C(N)=O)cc2C2CN1C(=O)N2OS(=O)(=O)O. The number of carbonyl (C=O) groups excluding carboxylic acids is 3. The van der Waals surface area contributed by atoms with Gasteiger partial charge in [-0.05, 0) is 0 Å². The highest BCUT2D eigenvalue weighted by molar-refractivity contribution is 7.80. The normalized spacial score (nSPS) is 22.5. The number of amides is 3. The highest BCUT2D eigenvalue weighted by Gasteiger charge is 2.54. The second kappa shape index (κ2) is 5.15. The van der Waals surface area contributed by atoms with Gasteiger partial charge in [0, 0.05) is 11.8 Å². The Balaban J connectivity index is 2.13. The van der Waals surface area contributed by atoms with Crippen LogP contribution in [0.1, 0.15) is 23.3 Å². The molecular formula is C10H11N5O8S. The Morgan fingerprint density at radius 3 is 2.67 bits per heavy atom. The van der Waals surface area contributed by atoms with Crippen molar-refractivity contribution in [2.75, 3.05) is 13.7 Å². The number of hydrogen-bond acceptors (Lipinski definition) is 8. The van der Waals surface area contributed by atoms with Crippen molar-refractivity contribution in [1.82, 2.24) is 19.7 Å². The van der Waals surface area contributed by atoms with Gasteiger partial charge in [0.25, 0.3) is 0 Å². The van der Waals surface area contributed by atoms with Gasteiger partial charge in [-0.3, -0.25) is 4.55 Å². The summed E-state index contributed by atoms with van der Waals surface area (Å²) in [6.07, 6.45) is 1.15. The highest BCUT2D eigenvalue weighted by Crippen LogP contribution is 2.43. The molecule has 130 valence electrons. The third-order valence-corrected chi connectivity index (χ3v) is 3.96. The van der Waals surface area contributed by atoms with Crippen LogP contribution in [0.25, 0.3) is 0 Å². The van der Waals surface area contributed by atoms with Gasteiger partial charge in [-0.1, -0.05) is 0 Å². The Bertz CT molecular complexity index is 847. The van der Waals surface area contributed by atoms with Crippen LogP contribution >= 0.6 is 0 Å². The van der Waals surface area contributed by atoms with Crippen LogP contribution in [0.5, 0.6) is 0 Å². The molecule has 1 fully saturated rings. The van der Waals surface area contributed by atoms with E-state index in [2.05, 4.69) is 14.1 Å². The minimum absolute atomic E-state index is 0.00770. The number of fused-ring (bicyclic) bond motifs is 4. The number of nitrogens with two attached hydrogens (primary N) is 1. The van der Waals surface area contributed by atoms with Crippen LogP contribution in [0, 0.1) is 0 Å². The molecule has 3 rings (SSSR count). The minimum atomic E-state index is -4.99. The van der Waals surface area contributed by atoms with E-state index in [9.17, 15) is 22.8 Å². The summed E-state index contributed by atoms with van der Waals surface area (Å²) < 4.78 is 40.4. The molecule has 3 heterocycles. The number of ether oxygens (including phenoxy) is 1. The van der Waals surface area contributed by atoms with Crippen LogP contribution in [0.4, 0.5) is 9.59 Å². The largest absolute Gasteiger partial charge is 0.467 e. The lowest BCUT2D eigenvalue weighted by Gasteiger charge is -2.27. The van der Waals surface area contributed by atoms with E-state index in [4.69, 9.17) is 10.3 Å². The Morgan fingerprint density at radius 1 is 1.46 bits per heavy atom. The second-order valence-corrected chi connectivity index (χ2v) is 5.96. The van der Waals surface area contributed by atoms with E-state index < -0.39 is 40.5 Å². The van der Waals surface area contributed by atoms with Crippen LogP contribution in [-0.4, -0.2) is 64.4 Å². The van der Waals surface area contributed by atoms with Gasteiger partial charge < -0.3 is 15.4 Å². The Labute approximate surface area is 134 Å². The summed E-state index contributed by atoms with van der Waals surface area (Å²) in [5.41, 5.74) is 5.28. The van der Waals surface area contributed by atoms with Gasteiger partial charge in [0.1, 0.15) is 11.7 Å². The van der Waals surface area contributed by atoms with Crippen LogP contribution in [0.2, 0.25) is 0 Å². The summed E-state index contributed by atoms with van der Waals surface area (Å²) in [4.78, 5) is 36.6. The van der Waals surface area contributed by atoms with Crippen molar-refractivity contribution in [2.45, 2.75) is 12.1 Å². The molecule has 2 aliphatic rings. The number of hydroxylamine groups is 2. The molecule has 0 aliphatic carbocycles. The molecule has 13 nitrogen and oxygen atoms in total. The Morgan fingerprint density at radius 2 is 2.12 bits per heavy atom. The zero-order chi connectivity index (χ0) is 17.8. The molecular weight excluding hydrogens is 350 g/mol. The average Bonchev–Trinajstić information content (AvgIpc) is 3.03. The third-order valence-electron chi connectivity index (χ3n) is 3.61. The summed E-state index contributed by atoms with van der Waals surface area (Å²) in [5, 5.41) is 4.24. The van der Waals surface area contributed by atoms with E-state index in [1.807, 2.05) is 0 Å². The summed E-state index contributed by atoms with van der Waals surface area (Å²) in [7, 11) is -3.90. The fourth-order valence-corrected chi connectivity index (χ4v) is 3.08. The van der Waals surface area contributed by atoms with E-state index >= 15 is 0 Å². The molecule has 1 saturated heterocycles. The van der Waals surface area contributed by atoms with Gasteiger partial charge in [-0.2, -0.15) is 23.3 Å². The van der Waals surface area contributed by atoms with Crippen LogP contribution in [0.15, 0.2) is 6.20 Å². The summed E-state index contributed by atoms with van der Waals surface area (Å²) in [5.74, 6) is -0.855. The first-order valence-electron chi connectivity index (χ1n) is 6.38. The van der Waals surface area contributed by atoms with Crippen LogP contribution in [0.3, 0.4) is 0 Å². The van der Waals surface area contributed by atoms with E-state index in [0.29, 0.717) is 5.06 Å². The van der Waals surface area contributed by atoms with E-state index in [1.54, 1.807) is 0 Å². The maximum absolute atomic E-state index is 12.3. The first kappa shape index (κ1) is 16.2. The quantitative estimate of drug-likeness (QED) is 0.482. The molecule has 0 aromatic carbocycles. The molecule has 14 heteroatoms. The summed E-state index contributed by atoms with van der Waals surface area (Å²) in [6, 6.07) is -4.28. The second-order valence-electron chi connectivity index (χ2n) is 4.96. The first-order valence-corrected chi connectivity index (χ1v) is 7.74. The van der Waals surface area contributed by atoms with Crippen molar-refractivity contribution in [3.05, 3.63) is 17.5 Å². The predicted molar refractivity (Wildman–Crippen MR) is 71.3 cm³/mol. The van der Waals surface area contributed by atoms with Gasteiger partial charge in [-0.25, -0.2) is 14.4 Å². The lowest BCUT2D eigenvalue weighted by Crippen LogP contribution is -2.39. The average molecular weight is 361 g/mol. The van der Waals surface area contributed by atoms with Crippen molar-refractivity contribution < 1.29 is 36.4 Å². The molecule has 2 atom stereocenters. The standard InChI is InChI=1S/C10H11N5O8S/c1-22-8(16)7-6-4(2-14(12-6)9(11)17)5-3-13(7)10(18)15(5)23-24(19,20)21/h2,5,7H,3H2,1H3,(H2,11,17)(H,19,20,21). The van der Waals surface area contributed by atoms with Gasteiger partial charge >= 0.3 is 28.4 Å². The monoisotopic (exact) mass is 361 g/mol. The smallest absolute Gasteiger partial charge is 0.418 e. The van der Waals surface area contributed by atoms with Crippen molar-refractivity contribution in [2.24, 2.45) is 5.73 Å². The lowest BCUT2D eigenvalue weighted by atomic mass is 9.98. The molecule has 3 amide bonds. The van der Waals surface area contributed by atoms with Gasteiger partial charge in [0.15, 0.2) is 6.04 Å². The van der Waals surface area contributed by atoms with Gasteiger partial charge in [-0.15, -0.1) is 4.28 Å². The maximum Gasteiger partial charge on any atom is 0.418 e. The molecule has 2 aliphatic heterocycles. The molecule has 2 bridgehead atoms. The molecule has 1 aromatic rings. The molecule has 24 heavy (non-hydrogen) atoms. The molecule has 2 unspecified atom stereocenters.